The monoisotopic (exact) mass is 298 g/mol. The molecule has 0 spiro atoms. The number of alkyl halides is 1. The summed E-state index contributed by atoms with van der Waals surface area (Å²) in [5, 5.41) is 0. The Morgan fingerprint density at radius 1 is 1.18 bits per heavy atom. The van der Waals surface area contributed by atoms with Crippen molar-refractivity contribution in [1.82, 2.24) is 0 Å². The van der Waals surface area contributed by atoms with E-state index in [0.29, 0.717) is 4.83 Å². The van der Waals surface area contributed by atoms with E-state index in [-0.39, 0.29) is 0 Å². The molecule has 0 aliphatic heterocycles. The van der Waals surface area contributed by atoms with Gasteiger partial charge in [0.25, 0.3) is 0 Å². The fourth-order valence-corrected chi connectivity index (χ4v) is 3.17. The van der Waals surface area contributed by atoms with Crippen molar-refractivity contribution in [2.75, 3.05) is 13.7 Å². The Bertz CT molecular complexity index is 337. The van der Waals surface area contributed by atoms with E-state index in [9.17, 15) is 0 Å². The predicted octanol–water partition coefficient (Wildman–Crippen LogP) is 4.03. The van der Waals surface area contributed by atoms with Gasteiger partial charge in [-0.2, -0.15) is 0 Å². The highest BCUT2D eigenvalue weighted by atomic mass is 79.9. The molecule has 2 atom stereocenters. The van der Waals surface area contributed by atoms with Gasteiger partial charge in [0.15, 0.2) is 0 Å². The van der Waals surface area contributed by atoms with Crippen molar-refractivity contribution in [1.29, 1.82) is 0 Å². The second kappa shape index (κ2) is 6.29. The number of hydrogen-bond acceptors (Lipinski definition) is 2. The lowest BCUT2D eigenvalue weighted by Gasteiger charge is -2.14. The molecule has 0 saturated heterocycles. The summed E-state index contributed by atoms with van der Waals surface area (Å²) in [6.45, 7) is 0.805. The number of ether oxygens (including phenoxy) is 2. The van der Waals surface area contributed by atoms with Gasteiger partial charge in [-0.05, 0) is 49.4 Å². The summed E-state index contributed by atoms with van der Waals surface area (Å²) in [6.07, 6.45) is 5.14. The van der Waals surface area contributed by atoms with Crippen LogP contribution in [-0.2, 0) is 0 Å². The minimum absolute atomic E-state index is 0.696. The van der Waals surface area contributed by atoms with Crippen molar-refractivity contribution in [3.05, 3.63) is 24.3 Å². The van der Waals surface area contributed by atoms with E-state index in [1.165, 1.54) is 19.3 Å². The summed E-state index contributed by atoms with van der Waals surface area (Å²) in [6, 6.07) is 7.77. The Labute approximate surface area is 111 Å². The molecule has 17 heavy (non-hydrogen) atoms. The fraction of sp³-hybridized carbons (Fsp3) is 0.571. The molecule has 2 nitrogen and oxygen atoms in total. The van der Waals surface area contributed by atoms with Gasteiger partial charge in [0, 0.05) is 4.83 Å². The zero-order valence-electron chi connectivity index (χ0n) is 10.2. The molecule has 1 aliphatic carbocycles. The summed E-state index contributed by atoms with van der Waals surface area (Å²) in [7, 11) is 1.67. The highest BCUT2D eigenvalue weighted by Gasteiger charge is 2.24. The molecule has 2 rings (SSSR count). The van der Waals surface area contributed by atoms with Gasteiger partial charge >= 0.3 is 0 Å². The highest BCUT2D eigenvalue weighted by Crippen LogP contribution is 2.33. The molecule has 0 aromatic heterocycles. The first-order valence-corrected chi connectivity index (χ1v) is 7.12. The molecule has 94 valence electrons. The van der Waals surface area contributed by atoms with Crippen molar-refractivity contribution in [2.24, 2.45) is 5.92 Å². The number of rotatable bonds is 5. The smallest absolute Gasteiger partial charge is 0.119 e. The third-order valence-corrected chi connectivity index (χ3v) is 4.59. The molecule has 1 fully saturated rings. The zero-order chi connectivity index (χ0) is 12.1. The van der Waals surface area contributed by atoms with Crippen LogP contribution in [0.5, 0.6) is 11.5 Å². The maximum absolute atomic E-state index is 5.74. The molecular weight excluding hydrogens is 280 g/mol. The topological polar surface area (TPSA) is 18.5 Å². The molecule has 0 N–H and O–H groups in total. The lowest BCUT2D eigenvalue weighted by Crippen LogP contribution is -2.11. The average Bonchev–Trinajstić information content (AvgIpc) is 2.76. The molecule has 3 heteroatoms. The summed E-state index contributed by atoms with van der Waals surface area (Å²) >= 11 is 3.74. The van der Waals surface area contributed by atoms with Gasteiger partial charge in [0.2, 0.25) is 0 Å². The molecule has 1 aliphatic rings. The third kappa shape index (κ3) is 3.63. The van der Waals surface area contributed by atoms with E-state index in [0.717, 1.165) is 30.4 Å². The second-order valence-electron chi connectivity index (χ2n) is 4.52. The fourth-order valence-electron chi connectivity index (χ4n) is 2.32. The maximum atomic E-state index is 5.74. The van der Waals surface area contributed by atoms with Gasteiger partial charge in [-0.1, -0.05) is 22.4 Å². The van der Waals surface area contributed by atoms with E-state index in [2.05, 4.69) is 15.9 Å². The SMILES string of the molecule is COc1ccc(OCCC2CCCC2Br)cc1. The van der Waals surface area contributed by atoms with Crippen LogP contribution in [0.25, 0.3) is 0 Å². The molecule has 0 radical (unpaired) electrons. The maximum Gasteiger partial charge on any atom is 0.119 e. The Kier molecular flexibility index (Phi) is 4.72. The van der Waals surface area contributed by atoms with Gasteiger partial charge in [0.1, 0.15) is 11.5 Å². The standard InChI is InChI=1S/C14H19BrO2/c1-16-12-5-7-13(8-6-12)17-10-9-11-3-2-4-14(11)15/h5-8,11,14H,2-4,9-10H2,1H3. The lowest BCUT2D eigenvalue weighted by atomic mass is 10.1. The van der Waals surface area contributed by atoms with Crippen molar-refractivity contribution >= 4 is 15.9 Å². The van der Waals surface area contributed by atoms with Gasteiger partial charge in [-0.3, -0.25) is 0 Å². The Morgan fingerprint density at radius 3 is 2.47 bits per heavy atom. The van der Waals surface area contributed by atoms with Crippen molar-refractivity contribution in [3.63, 3.8) is 0 Å². The normalized spacial score (nSPS) is 23.6. The second-order valence-corrected chi connectivity index (χ2v) is 5.70. The van der Waals surface area contributed by atoms with Crippen LogP contribution in [0.1, 0.15) is 25.7 Å². The number of benzene rings is 1. The van der Waals surface area contributed by atoms with Crippen LogP contribution in [0, 0.1) is 5.92 Å². The quantitative estimate of drug-likeness (QED) is 0.764. The number of hydrogen-bond donors (Lipinski definition) is 0. The molecule has 0 heterocycles. The Balaban J connectivity index is 1.73. The molecular formula is C14H19BrO2. The highest BCUT2D eigenvalue weighted by molar-refractivity contribution is 9.09. The predicted molar refractivity (Wildman–Crippen MR) is 73.2 cm³/mol. The van der Waals surface area contributed by atoms with Crippen LogP contribution < -0.4 is 9.47 Å². The Hall–Kier alpha value is -0.700. The van der Waals surface area contributed by atoms with Crippen molar-refractivity contribution in [2.45, 2.75) is 30.5 Å². The van der Waals surface area contributed by atoms with Crippen molar-refractivity contribution < 1.29 is 9.47 Å². The van der Waals surface area contributed by atoms with E-state index in [1.54, 1.807) is 7.11 Å². The van der Waals surface area contributed by atoms with Crippen LogP contribution in [0.3, 0.4) is 0 Å². The number of methoxy groups -OCH3 is 1. The number of halogens is 1. The van der Waals surface area contributed by atoms with Gasteiger partial charge < -0.3 is 9.47 Å². The van der Waals surface area contributed by atoms with Gasteiger partial charge in [-0.15, -0.1) is 0 Å². The molecule has 0 bridgehead atoms. The molecule has 1 aromatic carbocycles. The van der Waals surface area contributed by atoms with Gasteiger partial charge in [-0.25, -0.2) is 0 Å². The van der Waals surface area contributed by atoms with E-state index in [1.807, 2.05) is 24.3 Å². The molecule has 1 saturated carbocycles. The Morgan fingerprint density at radius 2 is 1.88 bits per heavy atom. The lowest BCUT2D eigenvalue weighted by molar-refractivity contribution is 0.281. The largest absolute Gasteiger partial charge is 0.497 e. The van der Waals surface area contributed by atoms with E-state index >= 15 is 0 Å². The molecule has 0 amide bonds. The summed E-state index contributed by atoms with van der Waals surface area (Å²) < 4.78 is 10.8. The summed E-state index contributed by atoms with van der Waals surface area (Å²) in [4.78, 5) is 0.696. The summed E-state index contributed by atoms with van der Waals surface area (Å²) in [5.41, 5.74) is 0. The first-order chi connectivity index (χ1) is 8.29. The first kappa shape index (κ1) is 12.7. The minimum Gasteiger partial charge on any atom is -0.497 e. The minimum atomic E-state index is 0.696. The van der Waals surface area contributed by atoms with Crippen molar-refractivity contribution in [3.8, 4) is 11.5 Å². The van der Waals surface area contributed by atoms with Crippen LogP contribution in [0.4, 0.5) is 0 Å². The third-order valence-electron chi connectivity index (χ3n) is 3.38. The van der Waals surface area contributed by atoms with Crippen LogP contribution >= 0.6 is 15.9 Å². The molecule has 1 aromatic rings. The average molecular weight is 299 g/mol. The van der Waals surface area contributed by atoms with Crippen LogP contribution in [0.15, 0.2) is 24.3 Å². The van der Waals surface area contributed by atoms with Gasteiger partial charge in [0.05, 0.1) is 13.7 Å². The van der Waals surface area contributed by atoms with E-state index < -0.39 is 0 Å². The first-order valence-electron chi connectivity index (χ1n) is 6.20. The zero-order valence-corrected chi connectivity index (χ0v) is 11.8. The summed E-state index contributed by atoms with van der Waals surface area (Å²) in [5.74, 6) is 2.58. The van der Waals surface area contributed by atoms with Crippen LogP contribution in [0.2, 0.25) is 0 Å². The van der Waals surface area contributed by atoms with Crippen LogP contribution in [-0.4, -0.2) is 18.5 Å². The molecule has 2 unspecified atom stereocenters. The van der Waals surface area contributed by atoms with E-state index in [4.69, 9.17) is 9.47 Å².